The summed E-state index contributed by atoms with van der Waals surface area (Å²) in [7, 11) is 0. The molecule has 1 aliphatic carbocycles. The van der Waals surface area contributed by atoms with Crippen LogP contribution in [0.1, 0.15) is 48.8 Å². The van der Waals surface area contributed by atoms with Gasteiger partial charge in [-0.2, -0.15) is 0 Å². The van der Waals surface area contributed by atoms with Crippen LogP contribution in [-0.2, 0) is 42.9 Å². The average molecular weight is 503 g/mol. The number of nitrogens with zero attached hydrogens (tertiary/aromatic N) is 1. The summed E-state index contributed by atoms with van der Waals surface area (Å²) in [6, 6.07) is 1.85. The zero-order valence-corrected chi connectivity index (χ0v) is 21.4. The van der Waals surface area contributed by atoms with E-state index < -0.39 is 0 Å². The van der Waals surface area contributed by atoms with Gasteiger partial charge in [-0.3, -0.25) is 4.90 Å². The normalized spacial score (nSPS) is 32.1. The Labute approximate surface area is 214 Å². The summed E-state index contributed by atoms with van der Waals surface area (Å²) in [5.41, 5.74) is 10.1. The molecule has 8 nitrogen and oxygen atoms in total. The van der Waals surface area contributed by atoms with Crippen molar-refractivity contribution in [2.24, 2.45) is 5.92 Å². The number of benzene rings is 1. The number of hydrogen-bond donors (Lipinski definition) is 2. The number of rotatable bonds is 12. The third kappa shape index (κ3) is 7.55. The molecule has 0 aromatic heterocycles. The maximum Gasteiger partial charge on any atom is 0.121 e. The van der Waals surface area contributed by atoms with E-state index in [9.17, 15) is 5.11 Å². The number of nitrogen functional groups attached to an aromatic ring is 1. The molecule has 1 saturated carbocycles. The molecule has 0 spiro atoms. The summed E-state index contributed by atoms with van der Waals surface area (Å²) in [6.45, 7) is 7.88. The topological polar surface area (TPSA) is 112 Å². The second-order valence-electron chi connectivity index (χ2n) is 11.5. The lowest BCUT2D eigenvalue weighted by Crippen LogP contribution is -2.36. The van der Waals surface area contributed by atoms with Gasteiger partial charge in [0.25, 0.3) is 0 Å². The Balaban J connectivity index is 0.000000137. The zero-order chi connectivity index (χ0) is 24.5. The highest BCUT2D eigenvalue weighted by atomic mass is 16.6. The minimum absolute atomic E-state index is 0.214. The van der Waals surface area contributed by atoms with Crippen molar-refractivity contribution in [1.29, 1.82) is 0 Å². The van der Waals surface area contributed by atoms with Crippen molar-refractivity contribution in [3.05, 3.63) is 22.8 Å². The van der Waals surface area contributed by atoms with Crippen molar-refractivity contribution < 1.29 is 28.8 Å². The van der Waals surface area contributed by atoms with Crippen LogP contribution in [0.25, 0.3) is 0 Å². The van der Waals surface area contributed by atoms with E-state index >= 15 is 0 Å². The first-order valence-electron chi connectivity index (χ1n) is 14.0. The van der Waals surface area contributed by atoms with E-state index in [-0.39, 0.29) is 24.1 Å². The summed E-state index contributed by atoms with van der Waals surface area (Å²) in [6.07, 6.45) is 11.4. The molecule has 0 amide bonds. The molecule has 0 bridgehead atoms. The SMILES string of the molecule is C1CCC(CN(CC2CO2)CC2CO2)CC1.Nc1c(CC2CO2)c(O)cc(CC2CO2)c1CC1CO1. The van der Waals surface area contributed by atoms with E-state index in [2.05, 4.69) is 4.90 Å². The fourth-order valence-corrected chi connectivity index (χ4v) is 5.61. The van der Waals surface area contributed by atoms with Crippen molar-refractivity contribution in [3.63, 3.8) is 0 Å². The largest absolute Gasteiger partial charge is 0.508 e. The first-order chi connectivity index (χ1) is 17.6. The molecule has 1 aromatic carbocycles. The molecular weight excluding hydrogens is 460 g/mol. The highest BCUT2D eigenvalue weighted by Gasteiger charge is 2.33. The first kappa shape index (κ1) is 24.9. The Morgan fingerprint density at radius 1 is 0.694 bits per heavy atom. The lowest BCUT2D eigenvalue weighted by Gasteiger charge is -2.29. The van der Waals surface area contributed by atoms with Crippen LogP contribution >= 0.6 is 0 Å². The van der Waals surface area contributed by atoms with Crippen molar-refractivity contribution in [2.45, 2.75) is 81.9 Å². The minimum Gasteiger partial charge on any atom is -0.508 e. The predicted molar refractivity (Wildman–Crippen MR) is 135 cm³/mol. The van der Waals surface area contributed by atoms with E-state index in [0.29, 0.717) is 24.3 Å². The lowest BCUT2D eigenvalue weighted by atomic mass is 9.89. The van der Waals surface area contributed by atoms with Crippen LogP contribution in [0.15, 0.2) is 6.07 Å². The van der Waals surface area contributed by atoms with Gasteiger partial charge in [-0.05, 0) is 36.0 Å². The molecule has 5 heterocycles. The average Bonchev–Trinajstić information content (AvgIpc) is 3.68. The Bertz CT molecular complexity index is 873. The van der Waals surface area contributed by atoms with Crippen LogP contribution in [0.4, 0.5) is 5.69 Å². The summed E-state index contributed by atoms with van der Waals surface area (Å²) in [4.78, 5) is 2.59. The Hall–Kier alpha value is -1.42. The van der Waals surface area contributed by atoms with Gasteiger partial charge in [0.1, 0.15) is 5.75 Å². The van der Waals surface area contributed by atoms with Crippen molar-refractivity contribution in [2.75, 3.05) is 58.4 Å². The molecule has 200 valence electrons. The molecule has 5 aliphatic heterocycles. The number of epoxide rings is 5. The highest BCUT2D eigenvalue weighted by molar-refractivity contribution is 5.63. The number of nitrogens with two attached hydrogens (primary N) is 1. The molecule has 0 radical (unpaired) electrons. The molecule has 5 saturated heterocycles. The number of aromatic hydroxyl groups is 1. The molecule has 5 atom stereocenters. The standard InChI is InChI=1S/C15H19NO4.C13H23NO2/c16-15-12(3-10-6-19-10)8(1-9-5-18-9)2-14(17)13(15)4-11-7-20-11;1-2-4-11(5-3-1)6-14(7-12-9-15-12)8-13-10-16-13/h2,9-11,17H,1,3-7,16H2;11-13H,1-10H2. The van der Waals surface area contributed by atoms with Gasteiger partial charge in [-0.1, -0.05) is 19.3 Å². The van der Waals surface area contributed by atoms with Crippen molar-refractivity contribution >= 4 is 5.69 Å². The molecular formula is C28H42N2O6. The smallest absolute Gasteiger partial charge is 0.121 e. The molecule has 6 aliphatic rings. The van der Waals surface area contributed by atoms with E-state index in [1.165, 1.54) is 38.6 Å². The van der Waals surface area contributed by atoms with Gasteiger partial charge in [0, 0.05) is 50.1 Å². The third-order valence-corrected chi connectivity index (χ3v) is 8.15. The molecule has 36 heavy (non-hydrogen) atoms. The summed E-state index contributed by atoms with van der Waals surface area (Å²) in [5, 5.41) is 10.2. The van der Waals surface area contributed by atoms with Gasteiger partial charge in [0.05, 0.1) is 63.6 Å². The van der Waals surface area contributed by atoms with E-state index in [4.69, 9.17) is 29.4 Å². The zero-order valence-electron chi connectivity index (χ0n) is 21.4. The van der Waals surface area contributed by atoms with Crippen LogP contribution in [0, 0.1) is 5.92 Å². The second kappa shape index (κ2) is 11.1. The first-order valence-corrected chi connectivity index (χ1v) is 14.0. The van der Waals surface area contributed by atoms with E-state index in [0.717, 1.165) is 81.6 Å². The number of hydrogen-bond acceptors (Lipinski definition) is 8. The molecule has 5 unspecified atom stereocenters. The summed E-state index contributed by atoms with van der Waals surface area (Å²) >= 11 is 0. The molecule has 3 N–H and O–H groups in total. The lowest BCUT2D eigenvalue weighted by molar-refractivity contribution is 0.172. The van der Waals surface area contributed by atoms with Crippen molar-refractivity contribution in [1.82, 2.24) is 4.90 Å². The molecule has 6 fully saturated rings. The maximum atomic E-state index is 10.2. The van der Waals surface area contributed by atoms with Gasteiger partial charge in [-0.25, -0.2) is 0 Å². The van der Waals surface area contributed by atoms with Gasteiger partial charge in [-0.15, -0.1) is 0 Å². The highest BCUT2D eigenvalue weighted by Crippen LogP contribution is 2.37. The Morgan fingerprint density at radius 2 is 1.19 bits per heavy atom. The quantitative estimate of drug-likeness (QED) is 0.331. The third-order valence-electron chi connectivity index (χ3n) is 8.15. The summed E-state index contributed by atoms with van der Waals surface area (Å²) < 4.78 is 26.6. The van der Waals surface area contributed by atoms with Gasteiger partial charge in [0.15, 0.2) is 0 Å². The predicted octanol–water partition coefficient (Wildman–Crippen LogP) is 2.46. The van der Waals surface area contributed by atoms with Gasteiger partial charge < -0.3 is 34.5 Å². The van der Waals surface area contributed by atoms with Crippen LogP contribution in [0.5, 0.6) is 5.75 Å². The Kier molecular flexibility index (Phi) is 7.70. The monoisotopic (exact) mass is 502 g/mol. The van der Waals surface area contributed by atoms with Gasteiger partial charge >= 0.3 is 0 Å². The van der Waals surface area contributed by atoms with Crippen LogP contribution in [0.2, 0.25) is 0 Å². The van der Waals surface area contributed by atoms with Gasteiger partial charge in [0.2, 0.25) is 0 Å². The van der Waals surface area contributed by atoms with Crippen LogP contribution < -0.4 is 5.73 Å². The number of ether oxygens (including phenoxy) is 5. The maximum absolute atomic E-state index is 10.2. The molecule has 8 heteroatoms. The number of phenols is 1. The van der Waals surface area contributed by atoms with Crippen molar-refractivity contribution in [3.8, 4) is 5.75 Å². The van der Waals surface area contributed by atoms with Crippen LogP contribution in [0.3, 0.4) is 0 Å². The summed E-state index contributed by atoms with van der Waals surface area (Å²) in [5.74, 6) is 1.22. The van der Waals surface area contributed by atoms with E-state index in [1.54, 1.807) is 0 Å². The fourth-order valence-electron chi connectivity index (χ4n) is 5.61. The molecule has 7 rings (SSSR count). The molecule has 1 aromatic rings. The number of phenolic OH excluding ortho intramolecular Hbond substituents is 1. The Morgan fingerprint density at radius 3 is 1.72 bits per heavy atom. The fraction of sp³-hybridized carbons (Fsp3) is 0.786. The minimum atomic E-state index is 0.214. The second-order valence-corrected chi connectivity index (χ2v) is 11.5. The number of anilines is 1. The van der Waals surface area contributed by atoms with E-state index in [1.807, 2.05) is 6.07 Å². The van der Waals surface area contributed by atoms with Crippen LogP contribution in [-0.4, -0.2) is 93.2 Å².